The molecule has 9 heteroatoms. The predicted molar refractivity (Wildman–Crippen MR) is 119 cm³/mol. The van der Waals surface area contributed by atoms with Gasteiger partial charge >= 0.3 is 0 Å². The molecule has 0 bridgehead atoms. The molecule has 3 aromatic rings. The summed E-state index contributed by atoms with van der Waals surface area (Å²) in [5.74, 6) is -0.618. The lowest BCUT2D eigenvalue weighted by molar-refractivity contribution is -0.204. The van der Waals surface area contributed by atoms with E-state index in [1.165, 1.54) is 11.3 Å². The molecule has 3 heterocycles. The van der Waals surface area contributed by atoms with E-state index in [9.17, 15) is 9.50 Å². The zero-order chi connectivity index (χ0) is 22.3. The van der Waals surface area contributed by atoms with Gasteiger partial charge in [0.1, 0.15) is 10.6 Å². The van der Waals surface area contributed by atoms with Crippen LogP contribution in [0.5, 0.6) is 0 Å². The summed E-state index contributed by atoms with van der Waals surface area (Å²) in [5, 5.41) is 15.1. The van der Waals surface area contributed by atoms with Crippen molar-refractivity contribution in [2.45, 2.75) is 50.9 Å². The Labute approximate surface area is 189 Å². The normalized spacial score (nSPS) is 19.4. The van der Waals surface area contributed by atoms with E-state index in [0.29, 0.717) is 55.5 Å². The van der Waals surface area contributed by atoms with Gasteiger partial charge in [-0.25, -0.2) is 19.3 Å². The quantitative estimate of drug-likeness (QED) is 0.593. The van der Waals surface area contributed by atoms with Gasteiger partial charge in [0.25, 0.3) is 0 Å². The van der Waals surface area contributed by atoms with Gasteiger partial charge in [-0.05, 0) is 49.9 Å². The number of halogens is 1. The molecule has 0 radical (unpaired) electrons. The number of ether oxygens (including phenoxy) is 2. The van der Waals surface area contributed by atoms with E-state index in [1.807, 2.05) is 25.3 Å². The van der Waals surface area contributed by atoms with Crippen LogP contribution < -0.4 is 5.32 Å². The van der Waals surface area contributed by atoms with E-state index in [2.05, 4.69) is 26.3 Å². The maximum absolute atomic E-state index is 13.5. The Kier molecular flexibility index (Phi) is 5.45. The van der Waals surface area contributed by atoms with Crippen LogP contribution in [0.3, 0.4) is 0 Å². The number of anilines is 2. The molecule has 1 saturated carbocycles. The van der Waals surface area contributed by atoms with Gasteiger partial charge in [-0.15, -0.1) is 11.3 Å². The summed E-state index contributed by atoms with van der Waals surface area (Å²) in [7, 11) is 0. The van der Waals surface area contributed by atoms with Crippen LogP contribution in [-0.4, -0.2) is 39.1 Å². The van der Waals surface area contributed by atoms with Crippen molar-refractivity contribution in [2.75, 3.05) is 18.5 Å². The average Bonchev–Trinajstić information content (AvgIpc) is 3.44. The maximum Gasteiger partial charge on any atom is 0.227 e. The number of thiazole rings is 1. The van der Waals surface area contributed by atoms with Crippen molar-refractivity contribution in [1.29, 1.82) is 0 Å². The summed E-state index contributed by atoms with van der Waals surface area (Å²) in [6.07, 6.45) is 5.40. The number of hydrogen-bond donors (Lipinski definition) is 2. The number of nitrogens with zero attached hydrogens (tertiary/aromatic N) is 3. The second kappa shape index (κ2) is 8.15. The monoisotopic (exact) mass is 456 g/mol. The van der Waals surface area contributed by atoms with Gasteiger partial charge in [-0.2, -0.15) is 0 Å². The molecule has 2 aromatic heterocycles. The third-order valence-electron chi connectivity index (χ3n) is 6.09. The van der Waals surface area contributed by atoms with Gasteiger partial charge in [-0.1, -0.05) is 6.07 Å². The lowest BCUT2D eigenvalue weighted by atomic mass is 9.82. The van der Waals surface area contributed by atoms with E-state index < -0.39 is 17.2 Å². The van der Waals surface area contributed by atoms with Crippen molar-refractivity contribution in [2.24, 2.45) is 0 Å². The molecule has 2 aliphatic rings. The fraction of sp³-hybridized carbons (Fsp3) is 0.435. The van der Waals surface area contributed by atoms with Crippen molar-refractivity contribution < 1.29 is 19.0 Å². The molecule has 2 fully saturated rings. The number of hydrogen-bond acceptors (Lipinski definition) is 8. The molecule has 1 saturated heterocycles. The van der Waals surface area contributed by atoms with Crippen LogP contribution in [-0.2, 0) is 15.1 Å². The molecule has 7 nitrogen and oxygen atoms in total. The highest BCUT2D eigenvalue weighted by Crippen LogP contribution is 2.46. The van der Waals surface area contributed by atoms with Crippen molar-refractivity contribution >= 4 is 23.0 Å². The number of nitrogens with one attached hydrogen (secondary N) is 1. The molecule has 0 unspecified atom stereocenters. The Morgan fingerprint density at radius 3 is 2.50 bits per heavy atom. The van der Waals surface area contributed by atoms with E-state index in [1.54, 1.807) is 6.92 Å². The molecule has 1 aromatic carbocycles. The van der Waals surface area contributed by atoms with Crippen LogP contribution in [0.15, 0.2) is 30.6 Å². The predicted octanol–water partition coefficient (Wildman–Crippen LogP) is 4.60. The lowest BCUT2D eigenvalue weighted by Crippen LogP contribution is -2.42. The molecule has 1 spiro atoms. The van der Waals surface area contributed by atoms with Gasteiger partial charge in [-0.3, -0.25) is 0 Å². The molecule has 1 aliphatic heterocycles. The number of aliphatic hydroxyl groups is 1. The largest absolute Gasteiger partial charge is 0.383 e. The first-order chi connectivity index (χ1) is 15.3. The summed E-state index contributed by atoms with van der Waals surface area (Å²) in [5.41, 5.74) is 2.16. The summed E-state index contributed by atoms with van der Waals surface area (Å²) >= 11 is 1.50. The summed E-state index contributed by atoms with van der Waals surface area (Å²) in [6, 6.07) is 6.02. The highest BCUT2D eigenvalue weighted by atomic mass is 32.1. The molecule has 168 valence electrons. The van der Waals surface area contributed by atoms with Gasteiger partial charge in [0.2, 0.25) is 5.95 Å². The van der Waals surface area contributed by atoms with Gasteiger partial charge in [0.15, 0.2) is 11.6 Å². The van der Waals surface area contributed by atoms with Crippen molar-refractivity contribution in [3.05, 3.63) is 52.7 Å². The van der Waals surface area contributed by atoms with Gasteiger partial charge < -0.3 is 19.9 Å². The maximum atomic E-state index is 13.5. The minimum absolute atomic E-state index is 0.290. The van der Waals surface area contributed by atoms with Gasteiger partial charge in [0.05, 0.1) is 30.0 Å². The second-order valence-electron chi connectivity index (χ2n) is 8.51. The van der Waals surface area contributed by atoms with E-state index in [4.69, 9.17) is 9.47 Å². The van der Waals surface area contributed by atoms with Crippen LogP contribution in [0.4, 0.5) is 16.0 Å². The zero-order valence-electron chi connectivity index (χ0n) is 18.0. The van der Waals surface area contributed by atoms with Crippen molar-refractivity contribution in [3.63, 3.8) is 0 Å². The van der Waals surface area contributed by atoms with Crippen LogP contribution in [0.1, 0.15) is 41.9 Å². The topological polar surface area (TPSA) is 89.4 Å². The Bertz CT molecular complexity index is 1140. The Hall–Kier alpha value is -2.46. The van der Waals surface area contributed by atoms with Crippen LogP contribution in [0.25, 0.3) is 10.4 Å². The molecule has 1 aliphatic carbocycles. The smallest absolute Gasteiger partial charge is 0.227 e. The van der Waals surface area contributed by atoms with Crippen molar-refractivity contribution in [3.8, 4) is 10.4 Å². The summed E-state index contributed by atoms with van der Waals surface area (Å²) in [4.78, 5) is 13.7. The SMILES string of the molecule is Cc1cc(Nc2ncc(F)c(C)n2)cc(-c2cnc(C3(O)CCC4(CC3)OCCO4)s2)c1. The second-order valence-corrected chi connectivity index (χ2v) is 9.54. The van der Waals surface area contributed by atoms with Crippen LogP contribution in [0, 0.1) is 19.7 Å². The van der Waals surface area contributed by atoms with E-state index in [0.717, 1.165) is 27.9 Å². The molecule has 0 amide bonds. The Morgan fingerprint density at radius 2 is 1.78 bits per heavy atom. The summed E-state index contributed by atoms with van der Waals surface area (Å²) < 4.78 is 25.0. The van der Waals surface area contributed by atoms with E-state index in [-0.39, 0.29) is 0 Å². The molecular formula is C23H25FN4O3S. The zero-order valence-corrected chi connectivity index (χ0v) is 18.8. The first kappa shape index (κ1) is 21.4. The fourth-order valence-corrected chi connectivity index (χ4v) is 5.35. The third-order valence-corrected chi connectivity index (χ3v) is 7.33. The highest BCUT2D eigenvalue weighted by Gasteiger charge is 2.47. The molecule has 32 heavy (non-hydrogen) atoms. The average molecular weight is 457 g/mol. The number of aromatic nitrogens is 3. The minimum Gasteiger partial charge on any atom is -0.383 e. The third kappa shape index (κ3) is 4.13. The molecular weight excluding hydrogens is 431 g/mol. The Balaban J connectivity index is 1.36. The molecule has 5 rings (SSSR count). The summed E-state index contributed by atoms with van der Waals surface area (Å²) in [6.45, 7) is 4.84. The van der Waals surface area contributed by atoms with Crippen LogP contribution >= 0.6 is 11.3 Å². The van der Waals surface area contributed by atoms with E-state index >= 15 is 0 Å². The van der Waals surface area contributed by atoms with Crippen molar-refractivity contribution in [1.82, 2.24) is 15.0 Å². The minimum atomic E-state index is -0.964. The highest BCUT2D eigenvalue weighted by molar-refractivity contribution is 7.15. The number of aryl methyl sites for hydroxylation is 2. The van der Waals surface area contributed by atoms with Crippen LogP contribution in [0.2, 0.25) is 0 Å². The molecule has 0 atom stereocenters. The fourth-order valence-electron chi connectivity index (χ4n) is 4.31. The number of benzene rings is 1. The lowest BCUT2D eigenvalue weighted by Gasteiger charge is -2.39. The first-order valence-electron chi connectivity index (χ1n) is 10.7. The standard InChI is InChI=1S/C23H25FN4O3S/c1-14-9-16(11-17(10-14)28-21-26-12-18(24)15(2)27-21)19-13-25-20(32-19)22(29)3-5-23(6-4-22)30-7-8-31-23/h9-13,29H,3-8H2,1-2H3,(H,26,27,28). The molecule has 2 N–H and O–H groups in total. The number of rotatable bonds is 4. The first-order valence-corrected chi connectivity index (χ1v) is 11.5. The Morgan fingerprint density at radius 1 is 1.03 bits per heavy atom. The van der Waals surface area contributed by atoms with Gasteiger partial charge in [0, 0.05) is 24.7 Å².